The van der Waals surface area contributed by atoms with E-state index in [-0.39, 0.29) is 10.6 Å². The normalized spacial score (nSPS) is 9.92. The topological polar surface area (TPSA) is 62.6 Å². The van der Waals surface area contributed by atoms with Gasteiger partial charge >= 0.3 is 7.12 Å². The molecular formula is C7H9BClNO3. The Labute approximate surface area is 81.3 Å². The van der Waals surface area contributed by atoms with Gasteiger partial charge in [0, 0.05) is 5.46 Å². The summed E-state index contributed by atoms with van der Waals surface area (Å²) >= 11 is 5.63. The van der Waals surface area contributed by atoms with E-state index in [1.54, 1.807) is 6.92 Å². The molecule has 0 unspecified atom stereocenters. The van der Waals surface area contributed by atoms with Crippen LogP contribution >= 0.6 is 11.6 Å². The Hall–Kier alpha value is -0.775. The number of aryl methyl sites for hydroxylation is 1. The fourth-order valence-electron chi connectivity index (χ4n) is 1.10. The lowest BCUT2D eigenvalue weighted by Crippen LogP contribution is -2.32. The Morgan fingerprint density at radius 2 is 2.15 bits per heavy atom. The molecule has 13 heavy (non-hydrogen) atoms. The minimum Gasteiger partial charge on any atom is -0.495 e. The Kier molecular flexibility index (Phi) is 3.14. The quantitative estimate of drug-likeness (QED) is 0.511. The second-order valence-electron chi connectivity index (χ2n) is 2.53. The predicted molar refractivity (Wildman–Crippen MR) is 50.4 cm³/mol. The van der Waals surface area contributed by atoms with E-state index in [0.29, 0.717) is 11.4 Å². The SMILES string of the molecule is COc1c(B(O)O)cc(Cl)nc1C. The average Bonchev–Trinajstić information content (AvgIpc) is 2.02. The Morgan fingerprint density at radius 3 is 2.62 bits per heavy atom. The van der Waals surface area contributed by atoms with Crippen molar-refractivity contribution in [3.05, 3.63) is 16.9 Å². The number of pyridine rings is 1. The van der Waals surface area contributed by atoms with E-state index in [0.717, 1.165) is 0 Å². The minimum absolute atomic E-state index is 0.210. The van der Waals surface area contributed by atoms with Crippen LogP contribution in [0.15, 0.2) is 6.07 Å². The summed E-state index contributed by atoms with van der Waals surface area (Å²) in [6, 6.07) is 1.36. The number of aromatic nitrogens is 1. The Morgan fingerprint density at radius 1 is 1.54 bits per heavy atom. The number of methoxy groups -OCH3 is 1. The van der Waals surface area contributed by atoms with Gasteiger partial charge in [0.05, 0.1) is 12.8 Å². The zero-order valence-electron chi connectivity index (χ0n) is 7.28. The number of rotatable bonds is 2. The molecular weight excluding hydrogens is 192 g/mol. The molecule has 0 amide bonds. The van der Waals surface area contributed by atoms with Gasteiger partial charge in [0.2, 0.25) is 0 Å². The zero-order chi connectivity index (χ0) is 10.0. The number of nitrogens with zero attached hydrogens (tertiary/aromatic N) is 1. The fourth-order valence-corrected chi connectivity index (χ4v) is 1.35. The molecule has 0 bridgehead atoms. The summed E-state index contributed by atoms with van der Waals surface area (Å²) in [6.45, 7) is 1.68. The van der Waals surface area contributed by atoms with Crippen LogP contribution in [0.1, 0.15) is 5.69 Å². The van der Waals surface area contributed by atoms with Crippen molar-refractivity contribution in [2.24, 2.45) is 0 Å². The van der Waals surface area contributed by atoms with Crippen LogP contribution in [0, 0.1) is 6.92 Å². The van der Waals surface area contributed by atoms with Crippen LogP contribution in [0.25, 0.3) is 0 Å². The van der Waals surface area contributed by atoms with Crippen molar-refractivity contribution < 1.29 is 14.8 Å². The van der Waals surface area contributed by atoms with Gasteiger partial charge in [-0.2, -0.15) is 0 Å². The van der Waals surface area contributed by atoms with Crippen LogP contribution in [-0.4, -0.2) is 29.3 Å². The van der Waals surface area contributed by atoms with E-state index in [1.807, 2.05) is 0 Å². The molecule has 1 heterocycles. The minimum atomic E-state index is -1.60. The number of ether oxygens (including phenoxy) is 1. The van der Waals surface area contributed by atoms with Gasteiger partial charge in [-0.25, -0.2) is 4.98 Å². The van der Waals surface area contributed by atoms with Gasteiger partial charge in [0.15, 0.2) is 0 Å². The third kappa shape index (κ3) is 2.12. The van der Waals surface area contributed by atoms with Crippen molar-refractivity contribution >= 4 is 24.2 Å². The number of halogens is 1. The summed E-state index contributed by atoms with van der Waals surface area (Å²) in [6.07, 6.45) is 0. The summed E-state index contributed by atoms with van der Waals surface area (Å²) in [5.74, 6) is 0.347. The Balaban J connectivity index is 3.29. The van der Waals surface area contributed by atoms with Gasteiger partial charge in [-0.15, -0.1) is 0 Å². The molecule has 2 N–H and O–H groups in total. The first-order valence-electron chi connectivity index (χ1n) is 3.63. The summed E-state index contributed by atoms with van der Waals surface area (Å²) < 4.78 is 4.95. The standard InChI is InChI=1S/C7H9BClNO3/c1-4-7(13-2)5(8(11)12)3-6(9)10-4/h3,11-12H,1-2H3. The van der Waals surface area contributed by atoms with Crippen LogP contribution in [0.4, 0.5) is 0 Å². The predicted octanol–water partition coefficient (Wildman–Crippen LogP) is -0.268. The van der Waals surface area contributed by atoms with Crippen molar-refractivity contribution in [3.63, 3.8) is 0 Å². The third-order valence-electron chi connectivity index (χ3n) is 1.62. The van der Waals surface area contributed by atoms with E-state index in [9.17, 15) is 0 Å². The third-order valence-corrected chi connectivity index (χ3v) is 1.82. The molecule has 0 fully saturated rings. The molecule has 0 aliphatic carbocycles. The molecule has 0 aliphatic heterocycles. The van der Waals surface area contributed by atoms with Gasteiger partial charge < -0.3 is 14.8 Å². The molecule has 70 valence electrons. The molecule has 0 saturated heterocycles. The number of hydrogen-bond donors (Lipinski definition) is 2. The summed E-state index contributed by atoms with van der Waals surface area (Å²) in [5.41, 5.74) is 0.748. The molecule has 1 rings (SSSR count). The van der Waals surface area contributed by atoms with Crippen molar-refractivity contribution in [2.75, 3.05) is 7.11 Å². The molecule has 0 aromatic carbocycles. The second-order valence-corrected chi connectivity index (χ2v) is 2.91. The van der Waals surface area contributed by atoms with Gasteiger partial charge in [-0.05, 0) is 13.0 Å². The molecule has 0 atom stereocenters. The molecule has 1 aromatic heterocycles. The van der Waals surface area contributed by atoms with Gasteiger partial charge in [0.1, 0.15) is 10.9 Å². The smallest absolute Gasteiger partial charge is 0.492 e. The van der Waals surface area contributed by atoms with Crippen LogP contribution in [-0.2, 0) is 0 Å². The van der Waals surface area contributed by atoms with Crippen molar-refractivity contribution in [2.45, 2.75) is 6.92 Å². The van der Waals surface area contributed by atoms with Gasteiger partial charge in [-0.3, -0.25) is 0 Å². The Bertz CT molecular complexity index is 319. The molecule has 0 spiro atoms. The van der Waals surface area contributed by atoms with Crippen LogP contribution < -0.4 is 10.2 Å². The largest absolute Gasteiger partial charge is 0.495 e. The molecule has 0 aliphatic rings. The maximum Gasteiger partial charge on any atom is 0.492 e. The first kappa shape index (κ1) is 10.3. The van der Waals surface area contributed by atoms with Crippen molar-refractivity contribution in [3.8, 4) is 5.75 Å². The highest BCUT2D eigenvalue weighted by Gasteiger charge is 2.20. The van der Waals surface area contributed by atoms with E-state index in [1.165, 1.54) is 13.2 Å². The highest BCUT2D eigenvalue weighted by atomic mass is 35.5. The van der Waals surface area contributed by atoms with Crippen LogP contribution in [0.2, 0.25) is 5.15 Å². The monoisotopic (exact) mass is 201 g/mol. The fraction of sp³-hybridized carbons (Fsp3) is 0.286. The number of hydrogen-bond acceptors (Lipinski definition) is 4. The van der Waals surface area contributed by atoms with Crippen molar-refractivity contribution in [1.29, 1.82) is 0 Å². The van der Waals surface area contributed by atoms with Crippen LogP contribution in [0.5, 0.6) is 5.75 Å². The maximum absolute atomic E-state index is 8.97. The van der Waals surface area contributed by atoms with E-state index in [2.05, 4.69) is 4.98 Å². The molecule has 1 aromatic rings. The zero-order valence-corrected chi connectivity index (χ0v) is 8.04. The van der Waals surface area contributed by atoms with E-state index in [4.69, 9.17) is 26.4 Å². The lowest BCUT2D eigenvalue weighted by Gasteiger charge is -2.09. The molecule has 6 heteroatoms. The average molecular weight is 201 g/mol. The van der Waals surface area contributed by atoms with E-state index >= 15 is 0 Å². The first-order valence-corrected chi connectivity index (χ1v) is 4.01. The highest BCUT2D eigenvalue weighted by Crippen LogP contribution is 2.15. The van der Waals surface area contributed by atoms with E-state index < -0.39 is 7.12 Å². The molecule has 4 nitrogen and oxygen atoms in total. The van der Waals surface area contributed by atoms with Gasteiger partial charge in [-0.1, -0.05) is 11.6 Å². The molecule has 0 radical (unpaired) electrons. The van der Waals surface area contributed by atoms with Gasteiger partial charge in [0.25, 0.3) is 0 Å². The first-order chi connectivity index (χ1) is 6.06. The maximum atomic E-state index is 8.97. The second kappa shape index (κ2) is 3.96. The summed E-state index contributed by atoms with van der Waals surface area (Å²) in [7, 11) is -0.168. The van der Waals surface area contributed by atoms with Crippen LogP contribution in [0.3, 0.4) is 0 Å². The lowest BCUT2D eigenvalue weighted by molar-refractivity contribution is 0.399. The summed E-state index contributed by atoms with van der Waals surface area (Å²) in [4.78, 5) is 3.91. The van der Waals surface area contributed by atoms with Crippen molar-refractivity contribution in [1.82, 2.24) is 4.98 Å². The lowest BCUT2D eigenvalue weighted by atomic mass is 9.80. The molecule has 0 saturated carbocycles. The summed E-state index contributed by atoms with van der Waals surface area (Å²) in [5, 5.41) is 18.2. The highest BCUT2D eigenvalue weighted by molar-refractivity contribution is 6.60.